The van der Waals surface area contributed by atoms with Crippen LogP contribution in [0, 0.1) is 12.7 Å². The first-order chi connectivity index (χ1) is 14.5. The van der Waals surface area contributed by atoms with Crippen molar-refractivity contribution in [3.05, 3.63) is 107 Å². The van der Waals surface area contributed by atoms with Gasteiger partial charge in [0.1, 0.15) is 5.82 Å². The number of aliphatic imine (C=N–C) groups is 1. The fourth-order valence-electron chi connectivity index (χ4n) is 3.79. The Morgan fingerprint density at radius 1 is 0.833 bits per heavy atom. The van der Waals surface area contributed by atoms with Gasteiger partial charge >= 0.3 is 0 Å². The summed E-state index contributed by atoms with van der Waals surface area (Å²) in [4.78, 5) is 4.28. The van der Waals surface area contributed by atoms with Gasteiger partial charge in [-0.1, -0.05) is 71.8 Å². The van der Waals surface area contributed by atoms with Crippen LogP contribution in [0.25, 0.3) is 11.1 Å². The topological polar surface area (TPSA) is 12.4 Å². The quantitative estimate of drug-likeness (QED) is 0.326. The largest absolute Gasteiger partial charge is 0.269 e. The van der Waals surface area contributed by atoms with E-state index in [2.05, 4.69) is 74.1 Å². The Kier molecular flexibility index (Phi) is 7.73. The average Bonchev–Trinajstić information content (AvgIpc) is 2.75. The van der Waals surface area contributed by atoms with E-state index in [9.17, 15) is 4.39 Å². The van der Waals surface area contributed by atoms with Gasteiger partial charge in [0.25, 0.3) is 0 Å². The van der Waals surface area contributed by atoms with E-state index in [4.69, 9.17) is 0 Å². The van der Waals surface area contributed by atoms with Gasteiger partial charge in [-0.3, -0.25) is 4.99 Å². The van der Waals surface area contributed by atoms with Gasteiger partial charge in [0.15, 0.2) is 0 Å². The Morgan fingerprint density at radius 2 is 1.50 bits per heavy atom. The molecular formula is C28H30FN. The fourth-order valence-corrected chi connectivity index (χ4v) is 3.79. The molecule has 0 amide bonds. The summed E-state index contributed by atoms with van der Waals surface area (Å²) >= 11 is 0. The first kappa shape index (κ1) is 21.7. The Bertz CT molecular complexity index is 1030. The molecule has 0 aliphatic carbocycles. The number of rotatable bonds is 9. The van der Waals surface area contributed by atoms with Crippen LogP contribution in [0.3, 0.4) is 0 Å². The highest BCUT2D eigenvalue weighted by atomic mass is 19.1. The Morgan fingerprint density at radius 3 is 2.20 bits per heavy atom. The van der Waals surface area contributed by atoms with E-state index in [1.807, 2.05) is 6.07 Å². The molecule has 0 saturated heterocycles. The first-order valence-electron chi connectivity index (χ1n) is 10.6. The van der Waals surface area contributed by atoms with Crippen molar-refractivity contribution >= 4 is 6.72 Å². The lowest BCUT2D eigenvalue weighted by atomic mass is 9.98. The lowest BCUT2D eigenvalue weighted by molar-refractivity contribution is 0.625. The predicted octanol–water partition coefficient (Wildman–Crippen LogP) is 7.73. The van der Waals surface area contributed by atoms with E-state index in [0.29, 0.717) is 0 Å². The minimum Gasteiger partial charge on any atom is -0.269 e. The van der Waals surface area contributed by atoms with Crippen LogP contribution in [0.15, 0.2) is 89.1 Å². The molecule has 3 aromatic rings. The number of aryl methyl sites for hydroxylation is 3. The summed E-state index contributed by atoms with van der Waals surface area (Å²) in [6.45, 7) is 8.01. The third-order valence-corrected chi connectivity index (χ3v) is 5.52. The molecule has 0 bridgehead atoms. The molecule has 1 nitrogen and oxygen atoms in total. The number of hydrogen-bond donors (Lipinski definition) is 0. The highest BCUT2D eigenvalue weighted by Gasteiger charge is 2.05. The molecule has 0 heterocycles. The second kappa shape index (κ2) is 10.7. The van der Waals surface area contributed by atoms with Gasteiger partial charge in [-0.25, -0.2) is 4.39 Å². The second-order valence-electron chi connectivity index (χ2n) is 7.94. The normalized spacial score (nSPS) is 11.8. The van der Waals surface area contributed by atoms with E-state index in [0.717, 1.165) is 43.4 Å². The van der Waals surface area contributed by atoms with E-state index >= 15 is 0 Å². The van der Waals surface area contributed by atoms with Gasteiger partial charge in [-0.2, -0.15) is 0 Å². The molecule has 30 heavy (non-hydrogen) atoms. The molecule has 0 spiro atoms. The van der Waals surface area contributed by atoms with E-state index in [1.54, 1.807) is 12.1 Å². The maximum Gasteiger partial charge on any atom is 0.123 e. The molecule has 0 unspecified atom stereocenters. The highest BCUT2D eigenvalue weighted by Crippen LogP contribution is 2.23. The fraction of sp³-hybridized carbons (Fsp3) is 0.250. The number of allylic oxidation sites excluding steroid dienone is 2. The molecule has 0 fully saturated rings. The maximum absolute atomic E-state index is 13.4. The van der Waals surface area contributed by atoms with Crippen molar-refractivity contribution in [2.45, 2.75) is 46.0 Å². The number of nitrogens with zero attached hydrogens (tertiary/aromatic N) is 1. The van der Waals surface area contributed by atoms with Crippen LogP contribution in [-0.4, -0.2) is 6.72 Å². The Balaban J connectivity index is 1.58. The lowest BCUT2D eigenvalue weighted by Crippen LogP contribution is -1.94. The molecule has 0 atom stereocenters. The van der Waals surface area contributed by atoms with Gasteiger partial charge < -0.3 is 0 Å². The second-order valence-corrected chi connectivity index (χ2v) is 7.94. The SMILES string of the molecule is C=N/C(CCCc1cccc(-c2cccc(C)c2)c1)=C(/C)CCc1cccc(F)c1. The van der Waals surface area contributed by atoms with Gasteiger partial charge in [0, 0.05) is 5.70 Å². The molecule has 0 N–H and O–H groups in total. The molecule has 3 aromatic carbocycles. The average molecular weight is 400 g/mol. The summed E-state index contributed by atoms with van der Waals surface area (Å²) in [7, 11) is 0. The smallest absolute Gasteiger partial charge is 0.123 e. The summed E-state index contributed by atoms with van der Waals surface area (Å²) < 4.78 is 13.4. The summed E-state index contributed by atoms with van der Waals surface area (Å²) in [5.41, 5.74) is 8.47. The molecule has 0 aliphatic rings. The number of halogens is 1. The zero-order chi connectivity index (χ0) is 21.3. The van der Waals surface area contributed by atoms with Crippen LogP contribution >= 0.6 is 0 Å². The van der Waals surface area contributed by atoms with Crippen molar-refractivity contribution in [2.24, 2.45) is 4.99 Å². The minimum atomic E-state index is -0.177. The van der Waals surface area contributed by atoms with Crippen LogP contribution in [0.1, 0.15) is 42.9 Å². The molecule has 0 aliphatic heterocycles. The summed E-state index contributed by atoms with van der Waals surface area (Å²) in [5.74, 6) is -0.177. The van der Waals surface area contributed by atoms with Gasteiger partial charge in [0.05, 0.1) is 0 Å². The monoisotopic (exact) mass is 399 g/mol. The van der Waals surface area contributed by atoms with Crippen molar-refractivity contribution in [1.82, 2.24) is 0 Å². The van der Waals surface area contributed by atoms with Gasteiger partial charge in [-0.05, 0) is 87.1 Å². The highest BCUT2D eigenvalue weighted by molar-refractivity contribution is 5.64. The van der Waals surface area contributed by atoms with Crippen LogP contribution in [0.4, 0.5) is 4.39 Å². The van der Waals surface area contributed by atoms with Crippen molar-refractivity contribution < 1.29 is 4.39 Å². The standard InChI is InChI=1S/C28H30FN/c1-21-8-4-12-25(18-21)26-13-5-9-23(19-26)11-7-15-28(30-3)22(2)16-17-24-10-6-14-27(29)20-24/h4-6,8-10,12-14,18-20H,3,7,11,15-17H2,1-2H3/b28-22-. The molecule has 0 saturated carbocycles. The van der Waals surface area contributed by atoms with Crippen molar-refractivity contribution in [1.29, 1.82) is 0 Å². The Labute approximate surface area is 180 Å². The third kappa shape index (κ3) is 6.25. The summed E-state index contributed by atoms with van der Waals surface area (Å²) in [5, 5.41) is 0. The first-order valence-corrected chi connectivity index (χ1v) is 10.6. The van der Waals surface area contributed by atoms with E-state index < -0.39 is 0 Å². The molecule has 0 aromatic heterocycles. The van der Waals surface area contributed by atoms with Crippen LogP contribution in [-0.2, 0) is 12.8 Å². The van der Waals surface area contributed by atoms with Crippen molar-refractivity contribution in [2.75, 3.05) is 0 Å². The molecule has 2 heteroatoms. The summed E-state index contributed by atoms with van der Waals surface area (Å²) in [6.07, 6.45) is 4.65. The number of benzene rings is 3. The van der Waals surface area contributed by atoms with E-state index in [-0.39, 0.29) is 5.82 Å². The third-order valence-electron chi connectivity index (χ3n) is 5.52. The molecule has 0 radical (unpaired) electrons. The van der Waals surface area contributed by atoms with Crippen molar-refractivity contribution in [3.8, 4) is 11.1 Å². The zero-order valence-corrected chi connectivity index (χ0v) is 18.0. The molecule has 3 rings (SSSR count). The maximum atomic E-state index is 13.4. The van der Waals surface area contributed by atoms with Crippen LogP contribution in [0.5, 0.6) is 0 Å². The minimum absolute atomic E-state index is 0.177. The molecular weight excluding hydrogens is 369 g/mol. The zero-order valence-electron chi connectivity index (χ0n) is 18.0. The lowest BCUT2D eigenvalue weighted by Gasteiger charge is -2.10. The predicted molar refractivity (Wildman–Crippen MR) is 127 cm³/mol. The van der Waals surface area contributed by atoms with Crippen LogP contribution in [0.2, 0.25) is 0 Å². The van der Waals surface area contributed by atoms with Crippen LogP contribution < -0.4 is 0 Å². The van der Waals surface area contributed by atoms with Gasteiger partial charge in [-0.15, -0.1) is 0 Å². The van der Waals surface area contributed by atoms with Gasteiger partial charge in [0.2, 0.25) is 0 Å². The molecule has 154 valence electrons. The summed E-state index contributed by atoms with van der Waals surface area (Å²) in [6, 6.07) is 24.2. The van der Waals surface area contributed by atoms with E-state index in [1.165, 1.54) is 33.9 Å². The number of hydrogen-bond acceptors (Lipinski definition) is 1. The van der Waals surface area contributed by atoms with Crippen molar-refractivity contribution in [3.63, 3.8) is 0 Å². The Hall–Kier alpha value is -3.00.